The number of aryl methyl sites for hydroxylation is 1. The zero-order valence-electron chi connectivity index (χ0n) is 11.8. The van der Waals surface area contributed by atoms with Crippen LogP contribution in [-0.4, -0.2) is 31.1 Å². The molecule has 0 atom stereocenters. The highest BCUT2D eigenvalue weighted by atomic mass is 127. The number of nitrogens with zero attached hydrogens (tertiary/aromatic N) is 1. The van der Waals surface area contributed by atoms with E-state index in [1.165, 1.54) is 54.5 Å². The number of hydrogen-bond donors (Lipinski definition) is 0. The first kappa shape index (κ1) is 15.1. The van der Waals surface area contributed by atoms with Crippen LogP contribution in [0.2, 0.25) is 0 Å². The Bertz CT molecular complexity index is 386. The predicted molar refractivity (Wildman–Crippen MR) is 88.9 cm³/mol. The molecule has 0 bridgehead atoms. The third-order valence-electron chi connectivity index (χ3n) is 3.66. The molecule has 2 rings (SSSR count). The van der Waals surface area contributed by atoms with Crippen molar-refractivity contribution >= 4 is 22.6 Å². The SMILES string of the molecule is Cc1ccc(OCCCN2CCCCCC2)c(I)c1. The van der Waals surface area contributed by atoms with E-state index >= 15 is 0 Å². The first-order valence-electron chi connectivity index (χ1n) is 7.37. The van der Waals surface area contributed by atoms with Gasteiger partial charge in [-0.25, -0.2) is 0 Å². The molecule has 0 amide bonds. The summed E-state index contributed by atoms with van der Waals surface area (Å²) < 4.78 is 7.10. The summed E-state index contributed by atoms with van der Waals surface area (Å²) in [5, 5.41) is 0. The molecule has 0 unspecified atom stereocenters. The summed E-state index contributed by atoms with van der Waals surface area (Å²) in [6, 6.07) is 6.38. The van der Waals surface area contributed by atoms with Gasteiger partial charge in [-0.3, -0.25) is 0 Å². The molecule has 19 heavy (non-hydrogen) atoms. The molecular weight excluding hydrogens is 349 g/mol. The van der Waals surface area contributed by atoms with E-state index in [1.807, 2.05) is 0 Å². The van der Waals surface area contributed by atoms with Crippen molar-refractivity contribution in [2.24, 2.45) is 0 Å². The summed E-state index contributed by atoms with van der Waals surface area (Å²) >= 11 is 2.35. The lowest BCUT2D eigenvalue weighted by Crippen LogP contribution is -2.26. The van der Waals surface area contributed by atoms with Gasteiger partial charge in [0.2, 0.25) is 0 Å². The van der Waals surface area contributed by atoms with Gasteiger partial charge < -0.3 is 9.64 Å². The first-order valence-corrected chi connectivity index (χ1v) is 8.45. The average Bonchev–Trinajstić information content (AvgIpc) is 2.65. The van der Waals surface area contributed by atoms with Gasteiger partial charge >= 0.3 is 0 Å². The monoisotopic (exact) mass is 373 g/mol. The van der Waals surface area contributed by atoms with Crippen molar-refractivity contribution in [3.63, 3.8) is 0 Å². The zero-order valence-corrected chi connectivity index (χ0v) is 14.0. The van der Waals surface area contributed by atoms with Crippen molar-refractivity contribution in [3.8, 4) is 5.75 Å². The standard InChI is InChI=1S/C16H24INO/c1-14-7-8-16(15(17)13-14)19-12-6-11-18-9-4-2-3-5-10-18/h7-8,13H,2-6,9-12H2,1H3. The molecule has 0 radical (unpaired) electrons. The number of ether oxygens (including phenoxy) is 1. The third kappa shape index (κ3) is 5.30. The molecule has 1 aliphatic rings. The molecular formula is C16H24INO. The Morgan fingerprint density at radius 2 is 1.89 bits per heavy atom. The Morgan fingerprint density at radius 3 is 2.58 bits per heavy atom. The fraction of sp³-hybridized carbons (Fsp3) is 0.625. The molecule has 1 fully saturated rings. The van der Waals surface area contributed by atoms with Crippen LogP contribution in [-0.2, 0) is 0 Å². The Balaban J connectivity index is 1.68. The van der Waals surface area contributed by atoms with Gasteiger partial charge in [0.25, 0.3) is 0 Å². The van der Waals surface area contributed by atoms with Gasteiger partial charge in [0.1, 0.15) is 5.75 Å². The topological polar surface area (TPSA) is 12.5 Å². The maximum Gasteiger partial charge on any atom is 0.132 e. The highest BCUT2D eigenvalue weighted by Gasteiger charge is 2.08. The van der Waals surface area contributed by atoms with Crippen molar-refractivity contribution in [1.82, 2.24) is 4.90 Å². The van der Waals surface area contributed by atoms with E-state index in [2.05, 4.69) is 52.6 Å². The smallest absolute Gasteiger partial charge is 0.132 e. The van der Waals surface area contributed by atoms with E-state index in [1.54, 1.807) is 0 Å². The van der Waals surface area contributed by atoms with E-state index in [0.29, 0.717) is 0 Å². The quantitative estimate of drug-likeness (QED) is 0.565. The van der Waals surface area contributed by atoms with E-state index in [4.69, 9.17) is 4.74 Å². The van der Waals surface area contributed by atoms with Gasteiger partial charge in [-0.05, 0) is 79.6 Å². The van der Waals surface area contributed by atoms with Gasteiger partial charge in [-0.1, -0.05) is 18.9 Å². The molecule has 2 nitrogen and oxygen atoms in total. The summed E-state index contributed by atoms with van der Waals surface area (Å²) in [5.41, 5.74) is 1.29. The van der Waals surface area contributed by atoms with Crippen molar-refractivity contribution in [3.05, 3.63) is 27.3 Å². The molecule has 1 aromatic rings. The lowest BCUT2D eigenvalue weighted by Gasteiger charge is -2.19. The van der Waals surface area contributed by atoms with Crippen LogP contribution in [0.4, 0.5) is 0 Å². The molecule has 0 spiro atoms. The Hall–Kier alpha value is -0.290. The summed E-state index contributed by atoms with van der Waals surface area (Å²) in [6.45, 7) is 6.69. The number of rotatable bonds is 5. The van der Waals surface area contributed by atoms with E-state index in [-0.39, 0.29) is 0 Å². The molecule has 1 saturated heterocycles. The van der Waals surface area contributed by atoms with Crippen molar-refractivity contribution in [1.29, 1.82) is 0 Å². The van der Waals surface area contributed by atoms with Crippen LogP contribution < -0.4 is 4.74 Å². The molecule has 3 heteroatoms. The minimum atomic E-state index is 0.829. The first-order chi connectivity index (χ1) is 9.25. The highest BCUT2D eigenvalue weighted by Crippen LogP contribution is 2.21. The molecule has 0 N–H and O–H groups in total. The molecule has 0 aliphatic carbocycles. The fourth-order valence-electron chi connectivity index (χ4n) is 2.55. The summed E-state index contributed by atoms with van der Waals surface area (Å²) in [4.78, 5) is 2.59. The van der Waals surface area contributed by atoms with Gasteiger partial charge in [0.05, 0.1) is 10.2 Å². The lowest BCUT2D eigenvalue weighted by atomic mass is 10.2. The van der Waals surface area contributed by atoms with Crippen LogP contribution in [0.3, 0.4) is 0 Å². The summed E-state index contributed by atoms with van der Waals surface area (Å²) in [5.74, 6) is 1.03. The summed E-state index contributed by atoms with van der Waals surface area (Å²) in [7, 11) is 0. The Kier molecular flexibility index (Phi) is 6.44. The van der Waals surface area contributed by atoms with Crippen LogP contribution >= 0.6 is 22.6 Å². The minimum absolute atomic E-state index is 0.829. The third-order valence-corrected chi connectivity index (χ3v) is 4.51. The van der Waals surface area contributed by atoms with E-state index in [0.717, 1.165) is 18.8 Å². The maximum absolute atomic E-state index is 5.88. The molecule has 0 aromatic heterocycles. The van der Waals surface area contributed by atoms with Gasteiger partial charge in [0, 0.05) is 6.54 Å². The second kappa shape index (κ2) is 8.10. The normalized spacial score (nSPS) is 17.2. The Morgan fingerprint density at radius 1 is 1.16 bits per heavy atom. The Labute approximate surface area is 130 Å². The zero-order chi connectivity index (χ0) is 13.5. The van der Waals surface area contributed by atoms with Crippen LogP contribution in [0.15, 0.2) is 18.2 Å². The molecule has 1 aliphatic heterocycles. The number of likely N-dealkylation sites (tertiary alicyclic amines) is 1. The van der Waals surface area contributed by atoms with Crippen molar-refractivity contribution in [2.75, 3.05) is 26.2 Å². The molecule has 106 valence electrons. The lowest BCUT2D eigenvalue weighted by molar-refractivity contribution is 0.239. The second-order valence-electron chi connectivity index (χ2n) is 5.39. The van der Waals surface area contributed by atoms with Gasteiger partial charge in [0.15, 0.2) is 0 Å². The molecule has 0 saturated carbocycles. The van der Waals surface area contributed by atoms with Crippen LogP contribution in [0.5, 0.6) is 5.75 Å². The largest absolute Gasteiger partial charge is 0.492 e. The van der Waals surface area contributed by atoms with Crippen molar-refractivity contribution in [2.45, 2.75) is 39.0 Å². The second-order valence-corrected chi connectivity index (χ2v) is 6.55. The van der Waals surface area contributed by atoms with E-state index in [9.17, 15) is 0 Å². The fourth-order valence-corrected chi connectivity index (χ4v) is 3.38. The number of hydrogen-bond acceptors (Lipinski definition) is 2. The van der Waals surface area contributed by atoms with Crippen LogP contribution in [0, 0.1) is 10.5 Å². The maximum atomic E-state index is 5.88. The van der Waals surface area contributed by atoms with E-state index < -0.39 is 0 Å². The molecule has 1 aromatic carbocycles. The van der Waals surface area contributed by atoms with Gasteiger partial charge in [-0.15, -0.1) is 0 Å². The summed E-state index contributed by atoms with van der Waals surface area (Å²) in [6.07, 6.45) is 6.69. The predicted octanol–water partition coefficient (Wildman–Crippen LogP) is 4.24. The van der Waals surface area contributed by atoms with Gasteiger partial charge in [-0.2, -0.15) is 0 Å². The highest BCUT2D eigenvalue weighted by molar-refractivity contribution is 14.1. The molecule has 1 heterocycles. The number of benzene rings is 1. The van der Waals surface area contributed by atoms with Crippen LogP contribution in [0.1, 0.15) is 37.7 Å². The van der Waals surface area contributed by atoms with Crippen molar-refractivity contribution < 1.29 is 4.74 Å². The minimum Gasteiger partial charge on any atom is -0.492 e. The number of halogens is 1. The average molecular weight is 373 g/mol. The van der Waals surface area contributed by atoms with Crippen LogP contribution in [0.25, 0.3) is 0 Å².